The molecule has 0 bridgehead atoms. The van der Waals surface area contributed by atoms with E-state index in [1.807, 2.05) is 5.79 Å². The Morgan fingerprint density at radius 3 is 0.594 bits per heavy atom. The van der Waals surface area contributed by atoms with Gasteiger partial charge in [-0.15, -0.1) is 0 Å². The minimum Gasteiger partial charge on any atom is -0.872 e. The third-order valence-corrected chi connectivity index (χ3v) is 5.90. The number of rotatable bonds is 0. The molecule has 0 aliphatic rings. The number of hydrogen-bond acceptors (Lipinski definition) is 4. The Hall–Kier alpha value is 1.56. The van der Waals surface area contributed by atoms with Gasteiger partial charge in [0.15, 0.2) is 0 Å². The standard InChI is InChI=1S/2C6H2Cl4O2.5CH3.3Al/c2*7-1-2(8)4(10)6(12)5(11)3(1)9;;;;;;;;/h2*11-12H;5*1H3;;;/q;;;;;;;2*+1;+2/p-4. The zero-order valence-electron chi connectivity index (χ0n) is 17.4. The summed E-state index contributed by atoms with van der Waals surface area (Å²) in [6.45, 7) is 0. The Labute approximate surface area is 249 Å². The van der Waals surface area contributed by atoms with E-state index in [0.29, 0.717) is 0 Å². The second kappa shape index (κ2) is 20.7. The number of halogens is 8. The van der Waals surface area contributed by atoms with Crippen LogP contribution in [0.2, 0.25) is 69.1 Å². The minimum atomic E-state index is -0.934. The number of hydrogen-bond donors (Lipinski definition) is 0. The van der Waals surface area contributed by atoms with E-state index in [2.05, 4.69) is 39.4 Å². The minimum absolute atomic E-state index is 0.187. The van der Waals surface area contributed by atoms with Crippen LogP contribution in [0, 0.1) is 0 Å². The Bertz CT molecular complexity index is 578. The van der Waals surface area contributed by atoms with Gasteiger partial charge in [0, 0.05) is 0 Å². The molecule has 32 heavy (non-hydrogen) atoms. The Balaban J connectivity index is -0.000000398. The maximum absolute atomic E-state index is 10.9. The van der Waals surface area contributed by atoms with Crippen molar-refractivity contribution in [2.75, 3.05) is 0 Å². The molecule has 0 saturated carbocycles. The SMILES string of the molecule is [CH3][Al+2].[CH3][Al+][CH3].[CH3][Al+][CH3].[O-]c1c([O-])c(Cl)c(Cl)c(Cl)c1Cl.[O-]c1c([O-])c(Cl)c(Cl)c(Cl)c1Cl. The van der Waals surface area contributed by atoms with Gasteiger partial charge in [-0.1, -0.05) is 116 Å². The topological polar surface area (TPSA) is 92.2 Å². The molecule has 0 heterocycles. The molecule has 2 aromatic carbocycles. The Morgan fingerprint density at radius 1 is 0.406 bits per heavy atom. The monoisotopic (exact) mass is 644 g/mol. The van der Waals surface area contributed by atoms with Crippen LogP contribution in [0.1, 0.15) is 0 Å². The molecule has 0 aliphatic heterocycles. The first kappa shape index (κ1) is 38.1. The maximum atomic E-state index is 10.9. The van der Waals surface area contributed by atoms with Crippen molar-refractivity contribution in [3.05, 3.63) is 40.2 Å². The second-order valence-corrected chi connectivity index (χ2v) is 10.3. The fraction of sp³-hybridized carbons (Fsp3) is 0.294. The van der Waals surface area contributed by atoms with E-state index in [0.717, 1.165) is 30.4 Å². The second-order valence-electron chi connectivity index (χ2n) is 4.98. The van der Waals surface area contributed by atoms with E-state index in [9.17, 15) is 20.4 Å². The van der Waals surface area contributed by atoms with Crippen LogP contribution in [0.3, 0.4) is 0 Å². The molecular weight excluding hydrogens is 633 g/mol. The van der Waals surface area contributed by atoms with E-state index < -0.39 is 43.1 Å². The van der Waals surface area contributed by atoms with Crippen molar-refractivity contribution in [3.63, 3.8) is 0 Å². The van der Waals surface area contributed by atoms with Gasteiger partial charge in [-0.2, -0.15) is 0 Å². The van der Waals surface area contributed by atoms with E-state index in [-0.39, 0.29) is 20.1 Å². The van der Waals surface area contributed by atoms with Crippen molar-refractivity contribution >= 4 is 140 Å². The molecule has 0 N–H and O–H groups in total. The predicted molar refractivity (Wildman–Crippen MR) is 137 cm³/mol. The predicted octanol–water partition coefficient (Wildman–Crippen LogP) is 6.67. The summed E-state index contributed by atoms with van der Waals surface area (Å²) in [6.07, 6.45) is 0. The molecular formula is C17H15Al3Cl8O4. The van der Waals surface area contributed by atoms with Gasteiger partial charge in [0.05, 0.1) is 40.2 Å². The van der Waals surface area contributed by atoms with Crippen LogP contribution in [0.4, 0.5) is 0 Å². The van der Waals surface area contributed by atoms with Crippen LogP contribution >= 0.6 is 92.8 Å². The van der Waals surface area contributed by atoms with Gasteiger partial charge in [-0.3, -0.25) is 0 Å². The summed E-state index contributed by atoms with van der Waals surface area (Å²) in [5.41, 5.74) is 0. The third-order valence-electron chi connectivity index (χ3n) is 2.37. The third kappa shape index (κ3) is 12.0. The molecule has 0 amide bonds. The average molecular weight is 648 g/mol. The van der Waals surface area contributed by atoms with Gasteiger partial charge in [-0.05, 0) is 0 Å². The quantitative estimate of drug-likeness (QED) is 0.181. The van der Waals surface area contributed by atoms with Crippen molar-refractivity contribution in [3.8, 4) is 23.0 Å². The summed E-state index contributed by atoms with van der Waals surface area (Å²) in [5.74, 6) is 7.01. The van der Waals surface area contributed by atoms with Gasteiger partial charge in [0.2, 0.25) is 0 Å². The summed E-state index contributed by atoms with van der Waals surface area (Å²) >= 11 is 47.3. The van der Waals surface area contributed by atoms with Gasteiger partial charge in [0.1, 0.15) is 0 Å². The van der Waals surface area contributed by atoms with Crippen molar-refractivity contribution in [1.29, 1.82) is 0 Å². The first-order valence-corrected chi connectivity index (χ1v) is 17.0. The van der Waals surface area contributed by atoms with Crippen LogP contribution in [-0.4, -0.2) is 46.7 Å². The molecule has 2 aromatic rings. The van der Waals surface area contributed by atoms with Crippen LogP contribution in [-0.2, 0) is 0 Å². The van der Waals surface area contributed by atoms with Crippen LogP contribution < -0.4 is 20.4 Å². The number of benzene rings is 2. The molecule has 0 saturated heterocycles. The fourth-order valence-corrected chi connectivity index (χ4v) is 2.82. The Kier molecular flexibility index (Phi) is 24.7. The largest absolute Gasteiger partial charge is 0.872 e. The van der Waals surface area contributed by atoms with Crippen molar-refractivity contribution < 1.29 is 20.4 Å². The van der Waals surface area contributed by atoms with Crippen molar-refractivity contribution in [1.82, 2.24) is 0 Å². The first-order chi connectivity index (χ1) is 14.8. The molecule has 0 aromatic heterocycles. The molecule has 0 atom stereocenters. The molecule has 0 radical (unpaired) electrons. The zero-order chi connectivity index (χ0) is 26.3. The van der Waals surface area contributed by atoms with Crippen LogP contribution in [0.25, 0.3) is 0 Å². The van der Waals surface area contributed by atoms with E-state index in [4.69, 9.17) is 92.8 Å². The fourth-order valence-electron chi connectivity index (χ4n) is 1.18. The maximum Gasteiger partial charge on any atom is 0.0786 e. The van der Waals surface area contributed by atoms with Gasteiger partial charge in [-0.25, -0.2) is 0 Å². The average Bonchev–Trinajstić information content (AvgIpc) is 2.79. The molecule has 0 spiro atoms. The normalized spacial score (nSPS) is 8.59. The summed E-state index contributed by atoms with van der Waals surface area (Å²) in [4.78, 5) is 0. The van der Waals surface area contributed by atoms with E-state index >= 15 is 0 Å². The Morgan fingerprint density at radius 2 is 0.500 bits per heavy atom. The molecule has 2 rings (SSSR count). The van der Waals surface area contributed by atoms with Gasteiger partial charge in [0.25, 0.3) is 0 Å². The van der Waals surface area contributed by atoms with Gasteiger partial charge < -0.3 is 20.4 Å². The summed E-state index contributed by atoms with van der Waals surface area (Å²) in [7, 11) is 0. The van der Waals surface area contributed by atoms with Gasteiger partial charge >= 0.3 is 75.7 Å². The molecule has 0 aliphatic carbocycles. The molecule has 0 fully saturated rings. The van der Waals surface area contributed by atoms with Crippen molar-refractivity contribution in [2.24, 2.45) is 0 Å². The summed E-state index contributed by atoms with van der Waals surface area (Å²) in [6, 6.07) is 0. The smallest absolute Gasteiger partial charge is 0.0786 e. The van der Waals surface area contributed by atoms with Crippen LogP contribution in [0.15, 0.2) is 0 Å². The first-order valence-electron chi connectivity index (χ1n) is 8.22. The van der Waals surface area contributed by atoms with Crippen molar-refractivity contribution in [2.45, 2.75) is 28.9 Å². The molecule has 15 heteroatoms. The van der Waals surface area contributed by atoms with Crippen LogP contribution in [0.5, 0.6) is 23.0 Å². The molecule has 0 unspecified atom stereocenters. The summed E-state index contributed by atoms with van der Waals surface area (Å²) in [5, 5.41) is 41.2. The van der Waals surface area contributed by atoms with E-state index in [1.165, 1.54) is 0 Å². The zero-order valence-corrected chi connectivity index (χ0v) is 26.9. The molecule has 172 valence electrons. The summed E-state index contributed by atoms with van der Waals surface area (Å²) < 4.78 is 0. The molecule has 4 nitrogen and oxygen atoms in total. The van der Waals surface area contributed by atoms with E-state index in [1.54, 1.807) is 0 Å².